The molecule has 0 aromatic heterocycles. The van der Waals surface area contributed by atoms with Crippen LogP contribution in [0.3, 0.4) is 0 Å². The summed E-state index contributed by atoms with van der Waals surface area (Å²) in [6.45, 7) is 3.02. The molecule has 0 bridgehead atoms. The average Bonchev–Trinajstić information content (AvgIpc) is 2.53. The highest BCUT2D eigenvalue weighted by molar-refractivity contribution is 5.39. The monoisotopic (exact) mass is 267 g/mol. The first-order valence-corrected chi connectivity index (χ1v) is 7.64. The molecular weight excluding hydrogens is 242 g/mol. The lowest BCUT2D eigenvalue weighted by Gasteiger charge is -2.35. The van der Waals surface area contributed by atoms with Crippen molar-refractivity contribution in [2.24, 2.45) is 5.73 Å². The first-order valence-electron chi connectivity index (χ1n) is 7.64. The van der Waals surface area contributed by atoms with Gasteiger partial charge in [-0.2, -0.15) is 0 Å². The molecule has 0 fully saturated rings. The van der Waals surface area contributed by atoms with Crippen LogP contribution in [0.1, 0.15) is 43.7 Å². The molecule has 0 heterocycles. The van der Waals surface area contributed by atoms with Crippen LogP contribution in [-0.2, 0) is 5.41 Å². The van der Waals surface area contributed by atoms with Gasteiger partial charge in [-0.1, -0.05) is 74.0 Å². The Morgan fingerprint density at radius 2 is 1.30 bits per heavy atom. The van der Waals surface area contributed by atoms with Crippen LogP contribution in [0.4, 0.5) is 0 Å². The number of nitrogens with two attached hydrogens (primary N) is 1. The van der Waals surface area contributed by atoms with Crippen molar-refractivity contribution in [2.75, 3.05) is 6.54 Å². The standard InChI is InChI=1S/C19H25N/c1-2-14-19(15-9-16-20,17-10-5-3-6-11-17)18-12-7-4-8-13-18/h3-8,10-13H,2,9,14-16,20H2,1H3. The molecule has 0 radical (unpaired) electrons. The van der Waals surface area contributed by atoms with E-state index >= 15 is 0 Å². The van der Waals surface area contributed by atoms with Crippen molar-refractivity contribution >= 4 is 0 Å². The number of benzene rings is 2. The maximum absolute atomic E-state index is 5.79. The van der Waals surface area contributed by atoms with Crippen LogP contribution in [0.2, 0.25) is 0 Å². The Balaban J connectivity index is 2.50. The highest BCUT2D eigenvalue weighted by Crippen LogP contribution is 2.40. The van der Waals surface area contributed by atoms with Crippen LogP contribution in [0.25, 0.3) is 0 Å². The molecule has 0 aliphatic rings. The summed E-state index contributed by atoms with van der Waals surface area (Å²) in [6, 6.07) is 21.8. The van der Waals surface area contributed by atoms with Crippen molar-refractivity contribution in [3.05, 3.63) is 71.8 Å². The van der Waals surface area contributed by atoms with Gasteiger partial charge in [-0.15, -0.1) is 0 Å². The minimum Gasteiger partial charge on any atom is -0.330 e. The quantitative estimate of drug-likeness (QED) is 0.784. The zero-order chi connectivity index (χ0) is 14.3. The van der Waals surface area contributed by atoms with E-state index in [1.54, 1.807) is 0 Å². The fourth-order valence-electron chi connectivity index (χ4n) is 3.21. The predicted molar refractivity (Wildman–Crippen MR) is 86.9 cm³/mol. The van der Waals surface area contributed by atoms with Gasteiger partial charge in [-0.25, -0.2) is 0 Å². The molecule has 0 saturated heterocycles. The van der Waals surface area contributed by atoms with Crippen molar-refractivity contribution in [1.29, 1.82) is 0 Å². The van der Waals surface area contributed by atoms with Crippen molar-refractivity contribution in [3.8, 4) is 0 Å². The summed E-state index contributed by atoms with van der Waals surface area (Å²) in [5.74, 6) is 0. The Kier molecular flexibility index (Phi) is 5.37. The molecule has 0 spiro atoms. The number of hydrogen-bond acceptors (Lipinski definition) is 1. The van der Waals surface area contributed by atoms with Crippen LogP contribution in [-0.4, -0.2) is 6.54 Å². The van der Waals surface area contributed by atoms with Gasteiger partial charge >= 0.3 is 0 Å². The smallest absolute Gasteiger partial charge is 0.0203 e. The Morgan fingerprint density at radius 1 is 0.800 bits per heavy atom. The van der Waals surface area contributed by atoms with Gasteiger partial charge < -0.3 is 5.73 Å². The Labute approximate surface area is 122 Å². The van der Waals surface area contributed by atoms with Crippen molar-refractivity contribution < 1.29 is 0 Å². The molecule has 2 aromatic carbocycles. The lowest BCUT2D eigenvalue weighted by Crippen LogP contribution is -2.28. The Morgan fingerprint density at radius 3 is 1.70 bits per heavy atom. The largest absolute Gasteiger partial charge is 0.330 e. The molecule has 2 rings (SSSR count). The molecule has 1 nitrogen and oxygen atoms in total. The third kappa shape index (κ3) is 3.10. The van der Waals surface area contributed by atoms with E-state index in [-0.39, 0.29) is 5.41 Å². The fourth-order valence-corrected chi connectivity index (χ4v) is 3.21. The van der Waals surface area contributed by atoms with E-state index in [0.29, 0.717) is 0 Å². The highest BCUT2D eigenvalue weighted by atomic mass is 14.5. The van der Waals surface area contributed by atoms with E-state index in [1.807, 2.05) is 0 Å². The third-order valence-electron chi connectivity index (χ3n) is 4.14. The second-order valence-electron chi connectivity index (χ2n) is 5.46. The second-order valence-corrected chi connectivity index (χ2v) is 5.46. The number of rotatable bonds is 7. The van der Waals surface area contributed by atoms with Crippen molar-refractivity contribution in [3.63, 3.8) is 0 Å². The molecule has 106 valence electrons. The molecule has 1 heteroatoms. The van der Waals surface area contributed by atoms with Gasteiger partial charge in [0.25, 0.3) is 0 Å². The van der Waals surface area contributed by atoms with Crippen LogP contribution >= 0.6 is 0 Å². The second kappa shape index (κ2) is 7.25. The van der Waals surface area contributed by atoms with Crippen molar-refractivity contribution in [2.45, 2.75) is 38.0 Å². The maximum Gasteiger partial charge on any atom is 0.0203 e. The molecule has 2 N–H and O–H groups in total. The predicted octanol–water partition coefficient (Wildman–Crippen LogP) is 4.51. The number of hydrogen-bond donors (Lipinski definition) is 1. The summed E-state index contributed by atoms with van der Waals surface area (Å²) in [7, 11) is 0. The summed E-state index contributed by atoms with van der Waals surface area (Å²) in [5.41, 5.74) is 8.73. The van der Waals surface area contributed by atoms with E-state index in [2.05, 4.69) is 67.6 Å². The molecular formula is C19H25N. The molecule has 0 atom stereocenters. The van der Waals surface area contributed by atoms with E-state index in [9.17, 15) is 0 Å². The maximum atomic E-state index is 5.79. The summed E-state index contributed by atoms with van der Waals surface area (Å²) in [4.78, 5) is 0. The summed E-state index contributed by atoms with van der Waals surface area (Å²) in [6.07, 6.45) is 4.52. The first-order chi connectivity index (χ1) is 9.83. The summed E-state index contributed by atoms with van der Waals surface area (Å²) < 4.78 is 0. The molecule has 0 saturated carbocycles. The zero-order valence-corrected chi connectivity index (χ0v) is 12.4. The third-order valence-corrected chi connectivity index (χ3v) is 4.14. The lowest BCUT2D eigenvalue weighted by molar-refractivity contribution is 0.420. The highest BCUT2D eigenvalue weighted by Gasteiger charge is 2.32. The van der Waals surface area contributed by atoms with E-state index < -0.39 is 0 Å². The zero-order valence-electron chi connectivity index (χ0n) is 12.4. The van der Waals surface area contributed by atoms with Gasteiger partial charge in [0.05, 0.1) is 0 Å². The molecule has 0 unspecified atom stereocenters. The van der Waals surface area contributed by atoms with Crippen LogP contribution in [0, 0.1) is 0 Å². The van der Waals surface area contributed by atoms with Crippen LogP contribution in [0.5, 0.6) is 0 Å². The molecule has 0 aliphatic carbocycles. The molecule has 0 amide bonds. The summed E-state index contributed by atoms with van der Waals surface area (Å²) >= 11 is 0. The minimum absolute atomic E-state index is 0.108. The molecule has 0 aliphatic heterocycles. The minimum atomic E-state index is 0.108. The van der Waals surface area contributed by atoms with Gasteiger partial charge in [0.2, 0.25) is 0 Å². The molecule has 20 heavy (non-hydrogen) atoms. The van der Waals surface area contributed by atoms with Crippen molar-refractivity contribution in [1.82, 2.24) is 0 Å². The van der Waals surface area contributed by atoms with Gasteiger partial charge in [-0.3, -0.25) is 0 Å². The SMILES string of the molecule is CCCC(CCCN)(c1ccccc1)c1ccccc1. The Hall–Kier alpha value is -1.60. The summed E-state index contributed by atoms with van der Waals surface area (Å²) in [5, 5.41) is 0. The van der Waals surface area contributed by atoms with E-state index in [0.717, 1.165) is 19.4 Å². The van der Waals surface area contributed by atoms with Crippen LogP contribution < -0.4 is 5.73 Å². The van der Waals surface area contributed by atoms with E-state index in [4.69, 9.17) is 5.73 Å². The van der Waals surface area contributed by atoms with Crippen LogP contribution in [0.15, 0.2) is 60.7 Å². The first kappa shape index (κ1) is 14.8. The Bertz CT molecular complexity index is 450. The van der Waals surface area contributed by atoms with Gasteiger partial charge in [0.15, 0.2) is 0 Å². The molecule has 2 aromatic rings. The van der Waals surface area contributed by atoms with Gasteiger partial charge in [0, 0.05) is 5.41 Å². The average molecular weight is 267 g/mol. The fraction of sp³-hybridized carbons (Fsp3) is 0.368. The van der Waals surface area contributed by atoms with Gasteiger partial charge in [0.1, 0.15) is 0 Å². The van der Waals surface area contributed by atoms with Gasteiger partial charge in [-0.05, 0) is 36.9 Å². The topological polar surface area (TPSA) is 26.0 Å². The lowest BCUT2D eigenvalue weighted by atomic mass is 9.68. The normalized spacial score (nSPS) is 11.5. The van der Waals surface area contributed by atoms with E-state index in [1.165, 1.54) is 24.0 Å².